The third kappa shape index (κ3) is 15.1. The van der Waals surface area contributed by atoms with E-state index in [0.29, 0.717) is 11.8 Å². The summed E-state index contributed by atoms with van der Waals surface area (Å²) < 4.78 is 28.0. The van der Waals surface area contributed by atoms with Crippen LogP contribution in [0.1, 0.15) is 22.3 Å². The fourth-order valence-corrected chi connectivity index (χ4v) is 22.2. The van der Waals surface area contributed by atoms with Crippen molar-refractivity contribution in [2.45, 2.75) is 27.7 Å². The van der Waals surface area contributed by atoms with Crippen LogP contribution in [-0.2, 0) is 40.2 Å². The molecule has 0 saturated carbocycles. The van der Waals surface area contributed by atoms with Crippen molar-refractivity contribution in [3.05, 3.63) is 457 Å². The van der Waals surface area contributed by atoms with Crippen LogP contribution in [0.15, 0.2) is 428 Å². The number of fused-ring (bicyclic) bond motifs is 15. The molecule has 25 aromatic rings. The van der Waals surface area contributed by atoms with Crippen LogP contribution in [-0.4, -0.2) is 43.0 Å². The van der Waals surface area contributed by atoms with Gasteiger partial charge >= 0.3 is 180 Å². The van der Waals surface area contributed by atoms with Crippen LogP contribution in [0.25, 0.3) is 217 Å². The van der Waals surface area contributed by atoms with E-state index in [1.54, 1.807) is 0 Å². The maximum Gasteiger partial charge on any atom is 0.135 e. The van der Waals surface area contributed by atoms with Gasteiger partial charge in [-0.05, 0) is 180 Å². The number of hydrogen-bond donors (Lipinski definition) is 0. The molecule has 0 amide bonds. The van der Waals surface area contributed by atoms with Gasteiger partial charge in [-0.15, -0.1) is 70.8 Å². The molecule has 8 aromatic heterocycles. The number of benzene rings is 17. The van der Waals surface area contributed by atoms with Crippen LogP contribution >= 0.6 is 0 Å². The Kier molecular flexibility index (Phi) is 22.3. The third-order valence-corrected chi connectivity index (χ3v) is 28.3. The Morgan fingerprint density at radius 1 is 0.306 bits per heavy atom. The molecule has 17 aromatic carbocycles. The molecular weight excluding hydrogens is 2110 g/mol. The molecular formula is C119H81IIr2N10O2-2. The zero-order valence-electron chi connectivity index (χ0n) is 73.2. The van der Waals surface area contributed by atoms with E-state index in [2.05, 4.69) is 402 Å². The Bertz CT molecular complexity index is 8710. The number of imidazole rings is 2. The molecule has 0 atom stereocenters. The Balaban J connectivity index is 0.000000127. The Morgan fingerprint density at radius 3 is 1.40 bits per heavy atom. The van der Waals surface area contributed by atoms with E-state index in [1.165, 1.54) is 136 Å². The third-order valence-electron chi connectivity index (χ3n) is 25.5. The van der Waals surface area contributed by atoms with E-state index >= 15 is 0 Å². The van der Waals surface area contributed by atoms with Crippen LogP contribution in [0.4, 0.5) is 0 Å². The SMILES string of the molecule is Cc1cc(-c2cccc(-c3nnc(-c4ccccc4)o3)c2)cc(C)c1-n1cc[n+]2c1-c1ccccc1[I-]2.Cc1cc(-c2cccc(-n3c4ccccc4c4cc(-c5ccc6oc7ccc(-n8c9ccccc9c9ccccc98)cc7c6c5)ccc43)c2)cc(C)c1-n1ccnc1-c1[c-]cccc1.[Ir].[Ir].[c-]1cc(-c2ccc3c(c2)c2ccccc2n3-c2ccccc2)ccc1-c1ccccn1. The van der Waals surface area contributed by atoms with Crippen LogP contribution in [0, 0.1) is 43.4 Å². The molecule has 134 heavy (non-hydrogen) atoms. The van der Waals surface area contributed by atoms with Gasteiger partial charge < -0.3 is 27.7 Å². The molecule has 26 rings (SSSR count). The van der Waals surface area contributed by atoms with Crippen LogP contribution in [0.2, 0.25) is 0 Å². The summed E-state index contributed by atoms with van der Waals surface area (Å²) in [5, 5.41) is 18.2. The number of halogens is 1. The monoisotopic (exact) mass is 2190 g/mol. The average Bonchev–Trinajstić information content (AvgIpc) is 1.57. The summed E-state index contributed by atoms with van der Waals surface area (Å²) in [7, 11) is 0. The minimum absolute atomic E-state index is 0. The zero-order chi connectivity index (χ0) is 88.0. The Labute approximate surface area is 811 Å². The number of aryl methyl sites for hydroxylation is 4. The van der Waals surface area contributed by atoms with Crippen molar-refractivity contribution in [3.8, 4) is 130 Å². The summed E-state index contributed by atoms with van der Waals surface area (Å²) in [5.41, 5.74) is 35.0. The summed E-state index contributed by atoms with van der Waals surface area (Å²) in [6.45, 7) is 8.78. The van der Waals surface area contributed by atoms with Gasteiger partial charge in [0.1, 0.15) is 11.2 Å². The number of rotatable bonds is 13. The summed E-state index contributed by atoms with van der Waals surface area (Å²) in [6.07, 6.45) is 10.2. The van der Waals surface area contributed by atoms with Crippen molar-refractivity contribution < 1.29 is 73.3 Å². The molecule has 0 bridgehead atoms. The molecule has 646 valence electrons. The molecule has 0 spiro atoms. The van der Waals surface area contributed by atoms with Gasteiger partial charge in [0, 0.05) is 130 Å². The van der Waals surface area contributed by atoms with Gasteiger partial charge in [0.05, 0.1) is 38.9 Å². The normalized spacial score (nSPS) is 11.6. The van der Waals surface area contributed by atoms with E-state index in [1.807, 2.05) is 97.5 Å². The number of para-hydroxylation sites is 5. The molecule has 9 heterocycles. The van der Waals surface area contributed by atoms with Crippen molar-refractivity contribution in [3.63, 3.8) is 0 Å². The first-order valence-electron chi connectivity index (χ1n) is 44.3. The quantitative estimate of drug-likeness (QED) is 0.0841. The van der Waals surface area contributed by atoms with Crippen LogP contribution < -0.4 is 24.3 Å². The van der Waals surface area contributed by atoms with Crippen molar-refractivity contribution >= 4 is 87.4 Å². The predicted molar refractivity (Wildman–Crippen MR) is 532 cm³/mol. The van der Waals surface area contributed by atoms with E-state index in [4.69, 9.17) is 13.8 Å². The largest absolute Gasteiger partial charge is 0.456 e. The van der Waals surface area contributed by atoms with Gasteiger partial charge in [0.2, 0.25) is 5.89 Å². The fraction of sp³-hybridized carbons (Fsp3) is 0.0336. The van der Waals surface area contributed by atoms with Crippen LogP contribution in [0.3, 0.4) is 0 Å². The van der Waals surface area contributed by atoms with Crippen molar-refractivity contribution in [2.24, 2.45) is 0 Å². The molecule has 0 aliphatic carbocycles. The molecule has 2 radical (unpaired) electrons. The van der Waals surface area contributed by atoms with Crippen molar-refractivity contribution in [2.75, 3.05) is 0 Å². The Morgan fingerprint density at radius 2 is 0.784 bits per heavy atom. The molecule has 0 fully saturated rings. The van der Waals surface area contributed by atoms with Crippen molar-refractivity contribution in [1.82, 2.24) is 43.0 Å². The summed E-state index contributed by atoms with van der Waals surface area (Å²) >= 11 is -0.195. The first kappa shape index (κ1) is 84.2. The van der Waals surface area contributed by atoms with Gasteiger partial charge in [-0.2, -0.15) is 0 Å². The number of furan rings is 1. The minimum Gasteiger partial charge on any atom is -0.456 e. The zero-order valence-corrected chi connectivity index (χ0v) is 80.1. The Hall–Kier alpha value is -15.3. The summed E-state index contributed by atoms with van der Waals surface area (Å²) in [6, 6.07) is 144. The molecule has 1 aliphatic heterocycles. The van der Waals surface area contributed by atoms with Gasteiger partial charge in [-0.3, -0.25) is 4.98 Å². The molecule has 1 aliphatic rings. The maximum atomic E-state index is 6.45. The minimum atomic E-state index is -0.195. The molecule has 12 nitrogen and oxygen atoms in total. The number of pyridine rings is 1. The second-order valence-corrected chi connectivity index (χ2v) is 36.3. The van der Waals surface area contributed by atoms with E-state index in [-0.39, 0.29) is 61.7 Å². The summed E-state index contributed by atoms with van der Waals surface area (Å²) in [5.74, 6) is 3.22. The van der Waals surface area contributed by atoms with Gasteiger partial charge in [0.25, 0.3) is 0 Å². The second-order valence-electron chi connectivity index (χ2n) is 33.7. The first-order chi connectivity index (χ1) is 65.1. The predicted octanol–water partition coefficient (Wildman–Crippen LogP) is 26.2. The number of aromatic nitrogens is 10. The standard InChI is InChI=1S/C59H39N4O.C31H23IN4O.C29H19N2.2Ir/c1-37-31-43(32-38(2)58(37)61-30-29-60-59(61)39-13-4-3-5-14-39)40-15-12-16-44(33-40)62-54-22-11-8-19-48(54)49-34-41(23-26-55(49)62)42-24-27-56-50(35-42)51-36-45(25-28-57(51)64-56)63-52-20-9-6-17-46(52)47-18-7-10-21-53(47)63;1-20-17-25(18-21(2)28(20)35-15-16-36-31(35)26-13-6-7-14-27(26)32-36)23-11-8-12-24(19-23)30-34-33-29(37-30)22-9-4-3-5-10-22;1-2-8-24(9-3-1)31-28-12-5-4-10-25(28)26-20-23(17-18-29(26)31)21-13-15-22(16-14-21)27-11-6-7-19-30-27;;/h3-13,15-36H,1-2H3;3-19H,1-2H3;1-15,17-20H;;/q-1;;-1;;. The summed E-state index contributed by atoms with van der Waals surface area (Å²) in [4.78, 5) is 9.13. The van der Waals surface area contributed by atoms with E-state index in [9.17, 15) is 0 Å². The van der Waals surface area contributed by atoms with Gasteiger partial charge in [0.15, 0.2) is 0 Å². The fourth-order valence-electron chi connectivity index (χ4n) is 19.6. The van der Waals surface area contributed by atoms with Gasteiger partial charge in [-0.1, -0.05) is 169 Å². The van der Waals surface area contributed by atoms with E-state index in [0.717, 1.165) is 95.0 Å². The smallest absolute Gasteiger partial charge is 0.135 e. The molecule has 0 saturated heterocycles. The van der Waals surface area contributed by atoms with Crippen molar-refractivity contribution in [1.29, 1.82) is 0 Å². The van der Waals surface area contributed by atoms with Gasteiger partial charge in [-0.25, -0.2) is 0 Å². The number of nitrogens with zero attached hydrogens (tertiary/aromatic N) is 10. The number of hydrogen-bond acceptors (Lipinski definition) is 6. The topological polar surface area (TPSA) is 106 Å². The van der Waals surface area contributed by atoms with Crippen LogP contribution in [0.5, 0.6) is 0 Å². The molecule has 0 unspecified atom stereocenters. The maximum absolute atomic E-state index is 6.45. The molecule has 15 heteroatoms. The first-order valence-corrected chi connectivity index (χ1v) is 46.4. The molecule has 0 N–H and O–H groups in total. The average molecular weight is 2190 g/mol. The van der Waals surface area contributed by atoms with E-state index < -0.39 is 0 Å². The second kappa shape index (κ2) is 35.4.